The summed E-state index contributed by atoms with van der Waals surface area (Å²) in [6.45, 7) is 4.31. The summed E-state index contributed by atoms with van der Waals surface area (Å²) in [5.74, 6) is 1.95. The lowest BCUT2D eigenvalue weighted by molar-refractivity contribution is -0.122. The maximum absolute atomic E-state index is 12.7. The Morgan fingerprint density at radius 1 is 1.04 bits per heavy atom. The zero-order valence-electron chi connectivity index (χ0n) is 15.3. The van der Waals surface area contributed by atoms with Crippen LogP contribution in [-0.4, -0.2) is 16.8 Å². The number of carbonyl (C=O) groups excluding carboxylic acids is 1. The molecule has 1 heterocycles. The molecule has 0 spiro atoms. The van der Waals surface area contributed by atoms with Crippen molar-refractivity contribution in [3.8, 4) is 0 Å². The second-order valence-corrected chi connectivity index (χ2v) is 7.74. The zero-order valence-corrected chi connectivity index (χ0v) is 15.3. The van der Waals surface area contributed by atoms with Gasteiger partial charge in [0.05, 0.1) is 17.8 Å². The van der Waals surface area contributed by atoms with E-state index >= 15 is 0 Å². The number of fused-ring (bicyclic) bond motifs is 1. The van der Waals surface area contributed by atoms with E-state index in [2.05, 4.69) is 30.2 Å². The highest BCUT2D eigenvalue weighted by Gasteiger charge is 2.38. The van der Waals surface area contributed by atoms with E-state index < -0.39 is 0 Å². The number of hydrazine groups is 1. The van der Waals surface area contributed by atoms with Crippen LogP contribution in [0.3, 0.4) is 0 Å². The fourth-order valence-corrected chi connectivity index (χ4v) is 3.75. The number of rotatable bonds is 5. The minimum Gasteiger partial charge on any atom is -0.273 e. The molecule has 2 aromatic rings. The molecule has 2 aliphatic carbocycles. The van der Waals surface area contributed by atoms with Crippen LogP contribution in [-0.2, 0) is 11.2 Å². The van der Waals surface area contributed by atoms with Crippen LogP contribution in [0, 0.1) is 5.92 Å². The molecule has 3 aliphatic rings. The van der Waals surface area contributed by atoms with Crippen molar-refractivity contribution in [1.82, 2.24) is 10.4 Å². The average molecular weight is 357 g/mol. The third kappa shape index (κ3) is 3.16. The van der Waals surface area contributed by atoms with Crippen molar-refractivity contribution in [2.24, 2.45) is 10.9 Å². The third-order valence-corrected chi connectivity index (χ3v) is 5.51. The first-order chi connectivity index (χ1) is 13.2. The van der Waals surface area contributed by atoms with Gasteiger partial charge >= 0.3 is 0 Å². The van der Waals surface area contributed by atoms with Gasteiger partial charge in [-0.2, -0.15) is 0 Å². The highest BCUT2D eigenvalue weighted by Crippen LogP contribution is 2.49. The van der Waals surface area contributed by atoms with Crippen LogP contribution in [0.5, 0.6) is 0 Å². The van der Waals surface area contributed by atoms with Gasteiger partial charge in [0.2, 0.25) is 5.91 Å². The minimum atomic E-state index is -0.0440. The molecule has 0 saturated heterocycles. The van der Waals surface area contributed by atoms with Gasteiger partial charge in [0.25, 0.3) is 0 Å². The highest BCUT2D eigenvalue weighted by molar-refractivity contribution is 6.01. The van der Waals surface area contributed by atoms with E-state index in [1.54, 1.807) is 0 Å². The van der Waals surface area contributed by atoms with Crippen LogP contribution in [0.15, 0.2) is 60.1 Å². The second-order valence-electron chi connectivity index (χ2n) is 7.74. The molecule has 4 heteroatoms. The monoisotopic (exact) mass is 357 g/mol. The summed E-state index contributed by atoms with van der Waals surface area (Å²) < 4.78 is 0. The van der Waals surface area contributed by atoms with Crippen molar-refractivity contribution in [2.45, 2.75) is 38.0 Å². The quantitative estimate of drug-likeness (QED) is 0.852. The Kier molecular flexibility index (Phi) is 3.85. The summed E-state index contributed by atoms with van der Waals surface area (Å²) >= 11 is 0. The molecule has 0 atom stereocenters. The lowest BCUT2D eigenvalue weighted by atomic mass is 9.99. The summed E-state index contributed by atoms with van der Waals surface area (Å²) in [4.78, 5) is 17.7. The molecule has 1 amide bonds. The molecule has 0 aromatic heterocycles. The molecule has 2 fully saturated rings. The van der Waals surface area contributed by atoms with E-state index in [1.807, 2.05) is 35.3 Å². The van der Waals surface area contributed by atoms with Gasteiger partial charge in [-0.25, -0.2) is 10.0 Å². The maximum atomic E-state index is 12.7. The number of amidine groups is 1. The van der Waals surface area contributed by atoms with E-state index in [0.29, 0.717) is 18.3 Å². The van der Waals surface area contributed by atoms with Gasteiger partial charge in [0.1, 0.15) is 5.84 Å². The van der Waals surface area contributed by atoms with Gasteiger partial charge in [-0.3, -0.25) is 10.2 Å². The smallest absolute Gasteiger partial charge is 0.243 e. The number of hydrogen-bond donors (Lipinski definition) is 1. The highest BCUT2D eigenvalue weighted by atomic mass is 16.2. The van der Waals surface area contributed by atoms with Crippen molar-refractivity contribution in [1.29, 1.82) is 0 Å². The molecule has 0 bridgehead atoms. The van der Waals surface area contributed by atoms with E-state index in [4.69, 9.17) is 4.99 Å². The molecule has 2 saturated carbocycles. The molecule has 1 aliphatic heterocycles. The second kappa shape index (κ2) is 6.38. The average Bonchev–Trinajstić information content (AvgIpc) is 3.56. The molecule has 27 heavy (non-hydrogen) atoms. The molecule has 0 radical (unpaired) electrons. The summed E-state index contributed by atoms with van der Waals surface area (Å²) in [7, 11) is 0. The number of nitrogens with one attached hydrogen (secondary N) is 1. The number of benzene rings is 2. The number of carbonyl (C=O) groups is 1. The normalized spacial score (nSPS) is 18.7. The largest absolute Gasteiger partial charge is 0.273 e. The van der Waals surface area contributed by atoms with Gasteiger partial charge in [-0.15, -0.1) is 0 Å². The van der Waals surface area contributed by atoms with Crippen LogP contribution in [0.4, 0.5) is 5.69 Å². The SMILES string of the molecule is C=C1c2cccc(C3CC3)c2N=C(C2CC2)N1NC(=O)Cc1ccccc1. The molecule has 4 nitrogen and oxygen atoms in total. The predicted molar refractivity (Wildman–Crippen MR) is 107 cm³/mol. The van der Waals surface area contributed by atoms with Gasteiger partial charge < -0.3 is 0 Å². The van der Waals surface area contributed by atoms with Crippen molar-refractivity contribution in [3.63, 3.8) is 0 Å². The first-order valence-corrected chi connectivity index (χ1v) is 9.75. The Hall–Kier alpha value is -2.88. The topological polar surface area (TPSA) is 44.7 Å². The Balaban J connectivity index is 1.44. The van der Waals surface area contributed by atoms with Crippen LogP contribution < -0.4 is 5.43 Å². The molecular weight excluding hydrogens is 334 g/mol. The van der Waals surface area contributed by atoms with Crippen molar-refractivity contribution in [3.05, 3.63) is 71.8 Å². The summed E-state index contributed by atoms with van der Waals surface area (Å²) in [6.07, 6.45) is 5.08. The summed E-state index contributed by atoms with van der Waals surface area (Å²) in [5.41, 5.74) is 8.32. The lowest BCUT2D eigenvalue weighted by Gasteiger charge is -2.33. The molecule has 0 unspecified atom stereocenters. The number of hydrogen-bond acceptors (Lipinski definition) is 3. The number of aliphatic imine (C=N–C) groups is 1. The van der Waals surface area contributed by atoms with Gasteiger partial charge in [-0.1, -0.05) is 55.1 Å². The van der Waals surface area contributed by atoms with E-state index in [0.717, 1.165) is 41.2 Å². The maximum Gasteiger partial charge on any atom is 0.243 e. The van der Waals surface area contributed by atoms with E-state index in [1.165, 1.54) is 18.4 Å². The first-order valence-electron chi connectivity index (χ1n) is 9.75. The van der Waals surface area contributed by atoms with E-state index in [-0.39, 0.29) is 5.91 Å². The van der Waals surface area contributed by atoms with Crippen LogP contribution in [0.25, 0.3) is 5.70 Å². The predicted octanol–water partition coefficient (Wildman–Crippen LogP) is 4.56. The minimum absolute atomic E-state index is 0.0440. The third-order valence-electron chi connectivity index (χ3n) is 5.51. The summed E-state index contributed by atoms with van der Waals surface area (Å²) in [5, 5.41) is 1.84. The van der Waals surface area contributed by atoms with Crippen molar-refractivity contribution >= 4 is 23.1 Å². The van der Waals surface area contributed by atoms with E-state index in [9.17, 15) is 4.79 Å². The Labute approximate surface area is 159 Å². The number of para-hydroxylation sites is 1. The number of amides is 1. The lowest BCUT2D eigenvalue weighted by Crippen LogP contribution is -2.47. The van der Waals surface area contributed by atoms with Gasteiger partial charge in [-0.05, 0) is 42.7 Å². The van der Waals surface area contributed by atoms with Crippen LogP contribution in [0.2, 0.25) is 0 Å². The summed E-state index contributed by atoms with van der Waals surface area (Å²) in [6, 6.07) is 16.1. The van der Waals surface area contributed by atoms with Crippen molar-refractivity contribution < 1.29 is 4.79 Å². The van der Waals surface area contributed by atoms with Gasteiger partial charge in [0, 0.05) is 11.5 Å². The Morgan fingerprint density at radius 2 is 1.78 bits per heavy atom. The first kappa shape index (κ1) is 16.3. The fourth-order valence-electron chi connectivity index (χ4n) is 3.75. The fraction of sp³-hybridized carbons (Fsp3) is 0.304. The van der Waals surface area contributed by atoms with Crippen molar-refractivity contribution in [2.75, 3.05) is 0 Å². The Morgan fingerprint density at radius 3 is 2.48 bits per heavy atom. The molecule has 5 rings (SSSR count). The van der Waals surface area contributed by atoms with Crippen LogP contribution >= 0.6 is 0 Å². The zero-order chi connectivity index (χ0) is 18.4. The van der Waals surface area contributed by atoms with Crippen LogP contribution in [0.1, 0.15) is 48.3 Å². The molecular formula is C23H23N3O. The standard InChI is InChI=1S/C23H23N3O/c1-15-19-8-5-9-20(17-10-11-17)22(19)24-23(18-12-13-18)26(15)25-21(27)14-16-6-3-2-4-7-16/h2-9,17-18H,1,10-14H2,(H,25,27). The molecule has 2 aromatic carbocycles. The Bertz CT molecular complexity index is 939. The molecule has 136 valence electrons. The number of nitrogens with zero attached hydrogens (tertiary/aromatic N) is 2. The molecule has 1 N–H and O–H groups in total. The van der Waals surface area contributed by atoms with Gasteiger partial charge in [0.15, 0.2) is 0 Å².